The van der Waals surface area contributed by atoms with Crippen LogP contribution < -0.4 is 9.80 Å². The fourth-order valence-corrected chi connectivity index (χ4v) is 5.65. The average molecular weight is 667 g/mol. The fraction of sp³-hybridized carbons (Fsp3) is 0.548. The molecule has 0 saturated heterocycles. The second kappa shape index (κ2) is 15.0. The van der Waals surface area contributed by atoms with Crippen LogP contribution in [0.4, 0.5) is 38.1 Å². The molecule has 0 amide bonds. The lowest BCUT2D eigenvalue weighted by atomic mass is 9.87. The summed E-state index contributed by atoms with van der Waals surface area (Å²) in [6.45, 7) is 4.13. The molecule has 1 fully saturated rings. The molecule has 1 aliphatic rings. The number of aryl methyl sites for hydroxylation is 1. The van der Waals surface area contributed by atoms with Crippen molar-refractivity contribution in [3.63, 3.8) is 0 Å². The Morgan fingerprint density at radius 1 is 1.00 bits per heavy atom. The first kappa shape index (κ1) is 35.4. The van der Waals surface area contributed by atoms with Crippen LogP contribution in [0, 0.1) is 17.2 Å². The van der Waals surface area contributed by atoms with Gasteiger partial charge in [0.25, 0.3) is 5.95 Å². The third-order valence-corrected chi connectivity index (χ3v) is 7.94. The number of ether oxygens (including phenoxy) is 1. The Balaban J connectivity index is 1.65. The number of hydrogen-bond acceptors (Lipinski definition) is 9. The van der Waals surface area contributed by atoms with Gasteiger partial charge in [-0.05, 0) is 80.0 Å². The molecular weight excluding hydrogens is 630 g/mol. The van der Waals surface area contributed by atoms with Gasteiger partial charge in [0.15, 0.2) is 0 Å². The van der Waals surface area contributed by atoms with Gasteiger partial charge in [-0.15, -0.1) is 5.10 Å². The average Bonchev–Trinajstić information content (AvgIpc) is 3.45. The first-order valence-corrected chi connectivity index (χ1v) is 15.3. The van der Waals surface area contributed by atoms with E-state index in [4.69, 9.17) is 4.74 Å². The maximum atomic E-state index is 13.9. The number of alkyl halides is 6. The van der Waals surface area contributed by atoms with Gasteiger partial charge in [0, 0.05) is 44.4 Å². The third-order valence-electron chi connectivity index (χ3n) is 7.94. The van der Waals surface area contributed by atoms with Gasteiger partial charge in [-0.2, -0.15) is 36.4 Å². The maximum absolute atomic E-state index is 13.9. The molecule has 1 aromatic carbocycles. The van der Waals surface area contributed by atoms with Crippen LogP contribution in [-0.2, 0) is 42.0 Å². The van der Waals surface area contributed by atoms with Gasteiger partial charge >= 0.3 is 18.3 Å². The highest BCUT2D eigenvalue weighted by atomic mass is 19.4. The van der Waals surface area contributed by atoms with E-state index in [1.54, 1.807) is 6.07 Å². The number of anilines is 2. The van der Waals surface area contributed by atoms with Crippen LogP contribution in [0.1, 0.15) is 80.2 Å². The number of esters is 1. The molecule has 0 unspecified atom stereocenters. The van der Waals surface area contributed by atoms with Crippen LogP contribution >= 0.6 is 0 Å². The molecule has 3 aromatic rings. The van der Waals surface area contributed by atoms with E-state index in [2.05, 4.69) is 20.4 Å². The van der Waals surface area contributed by atoms with Crippen molar-refractivity contribution < 1.29 is 35.9 Å². The normalized spacial score (nSPS) is 16.9. The number of carbonyl (C=O) groups excluding carboxylic acids is 1. The predicted octanol–water partition coefficient (Wildman–Crippen LogP) is 6.45. The molecule has 1 aliphatic carbocycles. The van der Waals surface area contributed by atoms with Crippen LogP contribution in [-0.4, -0.2) is 50.4 Å². The van der Waals surface area contributed by atoms with Crippen molar-refractivity contribution in [2.24, 2.45) is 13.0 Å². The minimum atomic E-state index is -4.73. The van der Waals surface area contributed by atoms with E-state index < -0.39 is 23.5 Å². The Labute approximate surface area is 268 Å². The standard InChI is InChI=1S/C31H36F6N8O2/c1-4-6-27(46)47-26-9-7-20(8-10-26)17-44(5-2)28-23(14-25(16-39-28)31(35,36)37)19-45(29-40-42-43(3)41-29)18-22-11-21(15-38)12-24(13-22)30(32,33)34/h11-14,16,20,26H,4-10,17-19H2,1-3H3/t20-,26-. The molecule has 0 spiro atoms. The zero-order valence-electron chi connectivity index (χ0n) is 26.3. The molecule has 2 aromatic heterocycles. The molecule has 0 bridgehead atoms. The molecule has 1 saturated carbocycles. The number of hydrogen-bond donors (Lipinski definition) is 0. The SMILES string of the molecule is CCCC(=O)O[C@H]1CC[C@H](CN(CC)c2ncc(C(F)(F)F)cc2CN(Cc2cc(C#N)cc(C(F)(F)F)c2)c2nnn(C)n2)CC1. The highest BCUT2D eigenvalue weighted by Crippen LogP contribution is 2.35. The molecule has 0 N–H and O–H groups in total. The molecule has 10 nitrogen and oxygen atoms in total. The highest BCUT2D eigenvalue weighted by Gasteiger charge is 2.34. The summed E-state index contributed by atoms with van der Waals surface area (Å²) in [6.07, 6.45) is -4.90. The number of rotatable bonds is 12. The summed E-state index contributed by atoms with van der Waals surface area (Å²) in [6, 6.07) is 5.59. The topological polar surface area (TPSA) is 113 Å². The van der Waals surface area contributed by atoms with Crippen molar-refractivity contribution in [1.29, 1.82) is 5.26 Å². The summed E-state index contributed by atoms with van der Waals surface area (Å²) in [4.78, 5) is 20.6. The summed E-state index contributed by atoms with van der Waals surface area (Å²) >= 11 is 0. The van der Waals surface area contributed by atoms with Gasteiger partial charge in [-0.3, -0.25) is 4.79 Å². The van der Waals surface area contributed by atoms with Gasteiger partial charge in [-0.1, -0.05) is 12.0 Å². The molecular formula is C31H36F6N8O2. The van der Waals surface area contributed by atoms with Gasteiger partial charge < -0.3 is 14.5 Å². The van der Waals surface area contributed by atoms with Gasteiger partial charge in [-0.25, -0.2) is 4.98 Å². The number of nitrogens with zero attached hydrogens (tertiary/aromatic N) is 8. The lowest BCUT2D eigenvalue weighted by Crippen LogP contribution is -2.35. The lowest BCUT2D eigenvalue weighted by Gasteiger charge is -2.34. The van der Waals surface area contributed by atoms with Crippen molar-refractivity contribution >= 4 is 17.7 Å². The van der Waals surface area contributed by atoms with E-state index in [1.807, 2.05) is 18.7 Å². The molecule has 4 rings (SSSR count). The summed E-state index contributed by atoms with van der Waals surface area (Å²) in [7, 11) is 1.47. The first-order valence-electron chi connectivity index (χ1n) is 15.3. The Kier molecular flexibility index (Phi) is 11.3. The first-order chi connectivity index (χ1) is 22.2. The van der Waals surface area contributed by atoms with Crippen LogP contribution in [0.15, 0.2) is 30.5 Å². The Bertz CT molecular complexity index is 1560. The van der Waals surface area contributed by atoms with Crippen molar-refractivity contribution in [2.45, 2.75) is 83.9 Å². The summed E-state index contributed by atoms with van der Waals surface area (Å²) in [5.41, 5.74) is -2.01. The monoisotopic (exact) mass is 666 g/mol. The van der Waals surface area contributed by atoms with Gasteiger partial charge in [0.05, 0.1) is 29.8 Å². The Morgan fingerprint density at radius 3 is 2.28 bits per heavy atom. The van der Waals surface area contributed by atoms with Crippen molar-refractivity contribution in [3.8, 4) is 6.07 Å². The highest BCUT2D eigenvalue weighted by molar-refractivity contribution is 5.69. The zero-order valence-corrected chi connectivity index (χ0v) is 26.3. The Hall–Kier alpha value is -4.42. The Morgan fingerprint density at radius 2 is 1.70 bits per heavy atom. The molecule has 47 heavy (non-hydrogen) atoms. The molecule has 0 aliphatic heterocycles. The van der Waals surface area contributed by atoms with E-state index in [0.29, 0.717) is 38.8 Å². The number of pyridine rings is 1. The summed E-state index contributed by atoms with van der Waals surface area (Å²) in [5, 5.41) is 21.3. The largest absolute Gasteiger partial charge is 0.462 e. The number of tetrazole rings is 1. The second-order valence-electron chi connectivity index (χ2n) is 11.6. The van der Waals surface area contributed by atoms with E-state index in [-0.39, 0.29) is 59.5 Å². The predicted molar refractivity (Wildman–Crippen MR) is 159 cm³/mol. The lowest BCUT2D eigenvalue weighted by molar-refractivity contribution is -0.151. The number of benzene rings is 1. The van der Waals surface area contributed by atoms with E-state index in [9.17, 15) is 36.4 Å². The second-order valence-corrected chi connectivity index (χ2v) is 11.6. The fourth-order valence-electron chi connectivity index (χ4n) is 5.65. The molecule has 16 heteroatoms. The van der Waals surface area contributed by atoms with E-state index in [0.717, 1.165) is 42.0 Å². The van der Waals surface area contributed by atoms with Crippen molar-refractivity contribution in [2.75, 3.05) is 22.9 Å². The van der Waals surface area contributed by atoms with Crippen molar-refractivity contribution in [1.82, 2.24) is 25.2 Å². The number of nitriles is 1. The summed E-state index contributed by atoms with van der Waals surface area (Å²) < 4.78 is 88.2. The third kappa shape index (κ3) is 9.55. The van der Waals surface area contributed by atoms with Crippen molar-refractivity contribution in [3.05, 3.63) is 58.3 Å². The smallest absolute Gasteiger partial charge is 0.417 e. The molecule has 0 radical (unpaired) electrons. The minimum absolute atomic E-state index is 0.0363. The molecule has 254 valence electrons. The van der Waals surface area contributed by atoms with E-state index in [1.165, 1.54) is 18.0 Å². The van der Waals surface area contributed by atoms with E-state index >= 15 is 0 Å². The number of carbonyl (C=O) groups is 1. The maximum Gasteiger partial charge on any atom is 0.417 e. The van der Waals surface area contributed by atoms with Crippen LogP contribution in [0.2, 0.25) is 0 Å². The quantitative estimate of drug-likeness (QED) is 0.159. The van der Waals surface area contributed by atoms with Crippen LogP contribution in [0.5, 0.6) is 0 Å². The summed E-state index contributed by atoms with van der Waals surface area (Å²) in [5.74, 6) is 0.194. The zero-order chi connectivity index (χ0) is 34.4. The van der Waals surface area contributed by atoms with Crippen LogP contribution in [0.25, 0.3) is 0 Å². The molecule has 0 atom stereocenters. The number of halogens is 6. The number of aromatic nitrogens is 5. The molecule has 2 heterocycles. The van der Waals surface area contributed by atoms with Gasteiger partial charge in [0.2, 0.25) is 0 Å². The minimum Gasteiger partial charge on any atom is -0.462 e. The van der Waals surface area contributed by atoms with Crippen LogP contribution in [0.3, 0.4) is 0 Å². The van der Waals surface area contributed by atoms with Gasteiger partial charge in [0.1, 0.15) is 11.9 Å².